The second-order valence-electron chi connectivity index (χ2n) is 7.71. The largest absolute Gasteiger partial charge is 0.437 e. The average Bonchev–Trinajstić information content (AvgIpc) is 2.80. The van der Waals surface area contributed by atoms with Crippen molar-refractivity contribution in [2.45, 2.75) is 18.7 Å². The van der Waals surface area contributed by atoms with Gasteiger partial charge in [-0.25, -0.2) is 18.1 Å². The summed E-state index contributed by atoms with van der Waals surface area (Å²) in [6.45, 7) is 3.85. The number of nitrogens with two attached hydrogens (primary N) is 1. The van der Waals surface area contributed by atoms with Gasteiger partial charge in [0.25, 0.3) is 10.0 Å². The van der Waals surface area contributed by atoms with Crippen LogP contribution in [0.1, 0.15) is 21.5 Å². The zero-order valence-corrected chi connectivity index (χ0v) is 20.4. The van der Waals surface area contributed by atoms with Crippen molar-refractivity contribution in [3.63, 3.8) is 0 Å². The molecule has 0 unspecified atom stereocenters. The van der Waals surface area contributed by atoms with Crippen LogP contribution in [0.15, 0.2) is 77.7 Å². The van der Waals surface area contributed by atoms with Crippen LogP contribution < -0.4 is 15.2 Å². The predicted molar refractivity (Wildman–Crippen MR) is 134 cm³/mol. The highest BCUT2D eigenvalue weighted by Crippen LogP contribution is 2.33. The summed E-state index contributed by atoms with van der Waals surface area (Å²) in [5.74, 6) is -0.689. The van der Waals surface area contributed by atoms with Gasteiger partial charge in [-0.3, -0.25) is 4.79 Å². The lowest BCUT2D eigenvalue weighted by Gasteiger charge is -2.14. The van der Waals surface area contributed by atoms with E-state index in [4.69, 9.17) is 22.1 Å². The van der Waals surface area contributed by atoms with Crippen LogP contribution in [-0.4, -0.2) is 24.3 Å². The average molecular weight is 509 g/mol. The standard InChI is InChI=1S/C25H21ClN4O4S/c1-15-7-6-8-16(2)23(15)20-14-22(34-21-13-17(24(27)31)11-12-19(21)26)29-25(28-20)30-35(32,33)18-9-4-3-5-10-18/h3-14H,1-2H3,(H2,27,31)(H,28,29,30). The predicted octanol–water partition coefficient (Wildman–Crippen LogP) is 5.11. The van der Waals surface area contributed by atoms with Gasteiger partial charge in [-0.15, -0.1) is 0 Å². The van der Waals surface area contributed by atoms with Gasteiger partial charge < -0.3 is 10.5 Å². The topological polar surface area (TPSA) is 124 Å². The Kier molecular flexibility index (Phi) is 6.72. The van der Waals surface area contributed by atoms with Crippen LogP contribution in [-0.2, 0) is 10.0 Å². The molecule has 0 aliphatic carbocycles. The van der Waals surface area contributed by atoms with Crippen molar-refractivity contribution in [1.82, 2.24) is 9.97 Å². The molecule has 0 atom stereocenters. The van der Waals surface area contributed by atoms with Gasteiger partial charge in [0, 0.05) is 17.2 Å². The molecule has 178 valence electrons. The molecular weight excluding hydrogens is 488 g/mol. The summed E-state index contributed by atoms with van der Waals surface area (Å²) in [6.07, 6.45) is 0. The molecule has 1 heterocycles. The number of primary amides is 1. The molecule has 4 rings (SSSR count). The highest BCUT2D eigenvalue weighted by atomic mass is 35.5. The first-order valence-corrected chi connectivity index (χ1v) is 12.3. The normalized spacial score (nSPS) is 11.2. The molecule has 0 saturated carbocycles. The van der Waals surface area contributed by atoms with Crippen LogP contribution in [0.3, 0.4) is 0 Å². The summed E-state index contributed by atoms with van der Waals surface area (Å²) >= 11 is 6.25. The number of anilines is 1. The Labute approximate surface area is 207 Å². The van der Waals surface area contributed by atoms with Crippen LogP contribution in [0.2, 0.25) is 5.02 Å². The first-order valence-electron chi connectivity index (χ1n) is 10.4. The molecule has 8 nitrogen and oxygen atoms in total. The van der Waals surface area contributed by atoms with E-state index in [0.29, 0.717) is 5.69 Å². The van der Waals surface area contributed by atoms with Crippen LogP contribution in [0.25, 0.3) is 11.3 Å². The minimum absolute atomic E-state index is 0.0203. The number of aromatic nitrogens is 2. The van der Waals surface area contributed by atoms with Crippen LogP contribution in [0.5, 0.6) is 11.6 Å². The number of halogens is 1. The fourth-order valence-corrected chi connectivity index (χ4v) is 4.62. The molecule has 0 spiro atoms. The van der Waals surface area contributed by atoms with E-state index in [1.807, 2.05) is 32.0 Å². The molecule has 0 radical (unpaired) electrons. The highest BCUT2D eigenvalue weighted by molar-refractivity contribution is 7.92. The minimum atomic E-state index is -3.97. The van der Waals surface area contributed by atoms with Gasteiger partial charge in [-0.1, -0.05) is 48.0 Å². The third kappa shape index (κ3) is 5.42. The second kappa shape index (κ2) is 9.73. The van der Waals surface area contributed by atoms with Crippen molar-refractivity contribution in [3.05, 3.63) is 94.5 Å². The van der Waals surface area contributed by atoms with Gasteiger partial charge >= 0.3 is 0 Å². The Bertz CT molecular complexity index is 1510. The first kappa shape index (κ1) is 24.2. The molecule has 3 aromatic carbocycles. The molecule has 1 aromatic heterocycles. The highest BCUT2D eigenvalue weighted by Gasteiger charge is 2.19. The number of hydrogen-bond donors (Lipinski definition) is 2. The van der Waals surface area contributed by atoms with Gasteiger partial charge in [-0.05, 0) is 55.3 Å². The number of sulfonamides is 1. The molecule has 0 aliphatic rings. The molecule has 1 amide bonds. The molecule has 0 saturated heterocycles. The fourth-order valence-electron chi connectivity index (χ4n) is 3.50. The van der Waals surface area contributed by atoms with Crippen molar-refractivity contribution < 1.29 is 17.9 Å². The second-order valence-corrected chi connectivity index (χ2v) is 9.80. The Balaban J connectivity index is 1.83. The molecule has 3 N–H and O–H groups in total. The van der Waals surface area contributed by atoms with E-state index in [0.717, 1.165) is 16.7 Å². The summed E-state index contributed by atoms with van der Waals surface area (Å²) in [5.41, 5.74) is 8.67. The van der Waals surface area contributed by atoms with E-state index in [9.17, 15) is 13.2 Å². The van der Waals surface area contributed by atoms with Crippen LogP contribution >= 0.6 is 11.6 Å². The van der Waals surface area contributed by atoms with Gasteiger partial charge in [0.05, 0.1) is 15.6 Å². The van der Waals surface area contributed by atoms with Crippen LogP contribution in [0.4, 0.5) is 5.95 Å². The minimum Gasteiger partial charge on any atom is -0.437 e. The third-order valence-electron chi connectivity index (χ3n) is 5.15. The van der Waals surface area contributed by atoms with E-state index in [-0.39, 0.29) is 33.1 Å². The van der Waals surface area contributed by atoms with Crippen LogP contribution in [0, 0.1) is 13.8 Å². The van der Waals surface area contributed by atoms with Crippen molar-refractivity contribution in [3.8, 4) is 22.9 Å². The van der Waals surface area contributed by atoms with Crippen molar-refractivity contribution in [2.75, 3.05) is 4.72 Å². The lowest BCUT2D eigenvalue weighted by Crippen LogP contribution is -2.15. The Morgan fingerprint density at radius 3 is 2.29 bits per heavy atom. The van der Waals surface area contributed by atoms with Crippen molar-refractivity contribution in [2.24, 2.45) is 5.73 Å². The van der Waals surface area contributed by atoms with E-state index in [1.54, 1.807) is 24.3 Å². The van der Waals surface area contributed by atoms with Gasteiger partial charge in [0.15, 0.2) is 0 Å². The number of nitrogens with one attached hydrogen (secondary N) is 1. The summed E-state index contributed by atoms with van der Waals surface area (Å²) in [7, 11) is -3.97. The number of ether oxygens (including phenoxy) is 1. The molecule has 10 heteroatoms. The smallest absolute Gasteiger partial charge is 0.264 e. The first-order chi connectivity index (χ1) is 16.6. The van der Waals surface area contributed by atoms with Gasteiger partial charge in [0.2, 0.25) is 17.7 Å². The third-order valence-corrected chi connectivity index (χ3v) is 6.81. The lowest BCUT2D eigenvalue weighted by molar-refractivity contribution is 0.1000. The summed E-state index contributed by atoms with van der Waals surface area (Å²) < 4.78 is 34.1. The Hall–Kier alpha value is -3.95. The molecule has 0 fully saturated rings. The van der Waals surface area contributed by atoms with Gasteiger partial charge in [0.1, 0.15) is 5.75 Å². The maximum atomic E-state index is 12.9. The maximum absolute atomic E-state index is 12.9. The number of amides is 1. The van der Waals surface area contributed by atoms with Gasteiger partial charge in [-0.2, -0.15) is 4.98 Å². The van der Waals surface area contributed by atoms with E-state index in [1.165, 1.54) is 30.3 Å². The number of rotatable bonds is 7. The quantitative estimate of drug-likeness (QED) is 0.357. The Morgan fingerprint density at radius 2 is 1.63 bits per heavy atom. The molecular formula is C25H21ClN4O4S. The fraction of sp³-hybridized carbons (Fsp3) is 0.0800. The summed E-state index contributed by atoms with van der Waals surface area (Å²) in [6, 6.07) is 19.5. The SMILES string of the molecule is Cc1cccc(C)c1-c1cc(Oc2cc(C(N)=O)ccc2Cl)nc(NS(=O)(=O)c2ccccc2)n1. The number of nitrogens with zero attached hydrogens (tertiary/aromatic N) is 2. The lowest BCUT2D eigenvalue weighted by atomic mass is 10.00. The Morgan fingerprint density at radius 1 is 0.943 bits per heavy atom. The number of benzene rings is 3. The number of carbonyl (C=O) groups is 1. The van der Waals surface area contributed by atoms with E-state index in [2.05, 4.69) is 14.7 Å². The van der Waals surface area contributed by atoms with Crippen molar-refractivity contribution >= 4 is 33.5 Å². The number of hydrogen-bond acceptors (Lipinski definition) is 6. The monoisotopic (exact) mass is 508 g/mol. The zero-order valence-electron chi connectivity index (χ0n) is 18.8. The number of carbonyl (C=O) groups excluding carboxylic acids is 1. The summed E-state index contributed by atoms with van der Waals surface area (Å²) in [4.78, 5) is 20.4. The number of aryl methyl sites for hydroxylation is 2. The molecule has 4 aromatic rings. The maximum Gasteiger partial charge on any atom is 0.264 e. The summed E-state index contributed by atoms with van der Waals surface area (Å²) in [5, 5.41) is 0.216. The molecule has 0 bridgehead atoms. The van der Waals surface area contributed by atoms with Crippen molar-refractivity contribution in [1.29, 1.82) is 0 Å². The zero-order chi connectivity index (χ0) is 25.2. The van der Waals surface area contributed by atoms with E-state index < -0.39 is 15.9 Å². The molecule has 35 heavy (non-hydrogen) atoms. The van der Waals surface area contributed by atoms with E-state index >= 15 is 0 Å². The molecule has 0 aliphatic heterocycles.